The topological polar surface area (TPSA) is 85.7 Å². The van der Waals surface area contributed by atoms with Gasteiger partial charge in [0.05, 0.1) is 17.2 Å². The minimum Gasteiger partial charge on any atom is -0.461 e. The average molecular weight is 503 g/mol. The fourth-order valence-corrected chi connectivity index (χ4v) is 8.05. The molecule has 2 fully saturated rings. The molecule has 1 aromatic carbocycles. The molecule has 1 aromatic rings. The van der Waals surface area contributed by atoms with Gasteiger partial charge in [0.15, 0.2) is 0 Å². The van der Waals surface area contributed by atoms with E-state index >= 15 is 0 Å². The number of nitrogens with one attached hydrogen (secondary N) is 2. The van der Waals surface area contributed by atoms with Crippen LogP contribution in [0.15, 0.2) is 29.5 Å². The average Bonchev–Trinajstić information content (AvgIpc) is 3.45. The first-order valence-electron chi connectivity index (χ1n) is 11.9. The van der Waals surface area contributed by atoms with Crippen LogP contribution in [0.25, 0.3) is 0 Å². The molecule has 2 saturated heterocycles. The smallest absolute Gasteiger partial charge is 0.356 e. The third-order valence-corrected chi connectivity index (χ3v) is 10.3. The Balaban J connectivity index is 1.37. The number of ether oxygens (including phenoxy) is 1. The second-order valence-corrected chi connectivity index (χ2v) is 12.2. The van der Waals surface area contributed by atoms with Gasteiger partial charge in [0.1, 0.15) is 5.71 Å². The molecule has 3 aliphatic rings. The third-order valence-electron chi connectivity index (χ3n) is 6.85. The number of rotatable bonds is 7. The summed E-state index contributed by atoms with van der Waals surface area (Å²) >= 11 is 3.79. The molecule has 0 radical (unpaired) electrons. The highest BCUT2D eigenvalue weighted by Crippen LogP contribution is 2.55. The van der Waals surface area contributed by atoms with Crippen molar-refractivity contribution >= 4 is 46.8 Å². The third kappa shape index (κ3) is 5.25. The highest BCUT2D eigenvalue weighted by molar-refractivity contribution is 8.21. The summed E-state index contributed by atoms with van der Waals surface area (Å²) in [5.74, 6) is 1.61. The van der Waals surface area contributed by atoms with Crippen molar-refractivity contribution in [2.75, 3.05) is 55.7 Å². The van der Waals surface area contributed by atoms with E-state index < -0.39 is 5.97 Å². The highest BCUT2D eigenvalue weighted by Gasteiger charge is 2.44. The molecule has 0 aromatic heterocycles. The maximum absolute atomic E-state index is 13.0. The summed E-state index contributed by atoms with van der Waals surface area (Å²) in [7, 11) is 0. The number of benzene rings is 1. The monoisotopic (exact) mass is 502 g/mol. The quantitative estimate of drug-likeness (QED) is 0.437. The molecule has 7 nitrogen and oxygen atoms in total. The highest BCUT2D eigenvalue weighted by atomic mass is 32.2. The van der Waals surface area contributed by atoms with E-state index in [1.165, 1.54) is 16.8 Å². The summed E-state index contributed by atoms with van der Waals surface area (Å²) in [6, 6.07) is 6.38. The molecule has 2 heterocycles. The summed E-state index contributed by atoms with van der Waals surface area (Å²) in [5.41, 5.74) is 5.30. The standard InChI is InChI=1S/C25H34N4O3S2/c1-4-32-24(31)23(26)19-14-25(33-12-13-34-25)15-20(19)27-16-22(30)29-10-8-28(9-11-29)21-7-5-6-17(2)18(21)3/h5-7,26-27H,4,8-16H2,1-3H3. The number of thioether (sulfide) groups is 2. The van der Waals surface area contributed by atoms with E-state index in [1.54, 1.807) is 6.92 Å². The number of amides is 1. The van der Waals surface area contributed by atoms with Crippen LogP contribution >= 0.6 is 23.5 Å². The normalized spacial score (nSPS) is 19.6. The van der Waals surface area contributed by atoms with E-state index in [2.05, 4.69) is 42.3 Å². The number of piperazine rings is 1. The van der Waals surface area contributed by atoms with Crippen molar-refractivity contribution in [3.05, 3.63) is 40.6 Å². The van der Waals surface area contributed by atoms with E-state index in [1.807, 2.05) is 28.4 Å². The Hall–Kier alpha value is -2.13. The van der Waals surface area contributed by atoms with E-state index in [-0.39, 0.29) is 28.8 Å². The van der Waals surface area contributed by atoms with E-state index in [0.29, 0.717) is 25.1 Å². The number of esters is 1. The summed E-state index contributed by atoms with van der Waals surface area (Å²) in [6.45, 7) is 9.47. The number of nitrogens with zero attached hydrogens (tertiary/aromatic N) is 2. The zero-order chi connectivity index (χ0) is 24.3. The first kappa shape index (κ1) is 25.0. The van der Waals surface area contributed by atoms with Gasteiger partial charge in [-0.3, -0.25) is 10.2 Å². The number of hydrogen-bond acceptors (Lipinski definition) is 8. The molecule has 1 amide bonds. The van der Waals surface area contributed by atoms with Crippen molar-refractivity contribution in [1.82, 2.24) is 10.2 Å². The van der Waals surface area contributed by atoms with Crippen LogP contribution in [0.1, 0.15) is 30.9 Å². The van der Waals surface area contributed by atoms with Crippen molar-refractivity contribution in [3.63, 3.8) is 0 Å². The van der Waals surface area contributed by atoms with Gasteiger partial charge in [-0.15, -0.1) is 23.5 Å². The van der Waals surface area contributed by atoms with Gasteiger partial charge in [-0.05, 0) is 38.0 Å². The van der Waals surface area contributed by atoms with Gasteiger partial charge < -0.3 is 19.9 Å². The molecule has 4 rings (SSSR count). The predicted octanol–water partition coefficient (Wildman–Crippen LogP) is 3.35. The summed E-state index contributed by atoms with van der Waals surface area (Å²) < 4.78 is 5.05. The molecule has 0 saturated carbocycles. The molecule has 2 aliphatic heterocycles. The molecule has 1 aliphatic carbocycles. The first-order chi connectivity index (χ1) is 16.3. The SMILES string of the molecule is CCOC(=O)C(=N)C1=C(NCC(=O)N2CCN(c3cccc(C)c3C)CC2)CC2(C1)SCCS2. The summed E-state index contributed by atoms with van der Waals surface area (Å²) in [6.07, 6.45) is 1.40. The lowest BCUT2D eigenvalue weighted by molar-refractivity contribution is -0.135. The number of carbonyl (C=O) groups excluding carboxylic acids is 2. The van der Waals surface area contributed by atoms with Gasteiger partial charge in [-0.1, -0.05) is 12.1 Å². The maximum atomic E-state index is 13.0. The molecule has 1 spiro atoms. The van der Waals surface area contributed by atoms with Crippen LogP contribution in [0.5, 0.6) is 0 Å². The van der Waals surface area contributed by atoms with Crippen LogP contribution in [-0.4, -0.2) is 77.4 Å². The minimum absolute atomic E-state index is 0.0309. The van der Waals surface area contributed by atoms with Crippen molar-refractivity contribution in [2.45, 2.75) is 37.7 Å². The van der Waals surface area contributed by atoms with Gasteiger partial charge in [0.2, 0.25) is 5.91 Å². The molecule has 0 bridgehead atoms. The van der Waals surface area contributed by atoms with Gasteiger partial charge in [0.25, 0.3) is 0 Å². The van der Waals surface area contributed by atoms with Crippen LogP contribution in [0.2, 0.25) is 0 Å². The number of anilines is 1. The number of aryl methyl sites for hydroxylation is 1. The van der Waals surface area contributed by atoms with Gasteiger partial charge >= 0.3 is 5.97 Å². The van der Waals surface area contributed by atoms with E-state index in [4.69, 9.17) is 10.1 Å². The molecule has 9 heteroatoms. The second-order valence-electron chi connectivity index (χ2n) is 8.95. The van der Waals surface area contributed by atoms with E-state index in [9.17, 15) is 9.59 Å². The van der Waals surface area contributed by atoms with Crippen LogP contribution in [0, 0.1) is 19.3 Å². The molecular weight excluding hydrogens is 468 g/mol. The Bertz CT molecular complexity index is 996. The van der Waals surface area contributed by atoms with Gasteiger partial charge in [0, 0.05) is 67.5 Å². The molecular formula is C25H34N4O3S2. The Labute approximate surface area is 210 Å². The number of allylic oxidation sites excluding steroid dienone is 1. The Morgan fingerprint density at radius 2 is 1.82 bits per heavy atom. The molecule has 2 N–H and O–H groups in total. The Kier molecular flexibility index (Phi) is 7.82. The zero-order valence-electron chi connectivity index (χ0n) is 20.2. The zero-order valence-corrected chi connectivity index (χ0v) is 21.9. The largest absolute Gasteiger partial charge is 0.461 e. The van der Waals surface area contributed by atoms with Crippen LogP contribution < -0.4 is 10.2 Å². The van der Waals surface area contributed by atoms with Crippen molar-refractivity contribution in [3.8, 4) is 0 Å². The van der Waals surface area contributed by atoms with Crippen LogP contribution in [0.3, 0.4) is 0 Å². The molecule has 0 atom stereocenters. The van der Waals surface area contributed by atoms with Crippen LogP contribution in [0.4, 0.5) is 5.69 Å². The fourth-order valence-electron chi connectivity index (χ4n) is 4.82. The van der Waals surface area contributed by atoms with E-state index in [0.717, 1.165) is 36.7 Å². The predicted molar refractivity (Wildman–Crippen MR) is 141 cm³/mol. The lowest BCUT2D eigenvalue weighted by atomic mass is 10.1. The van der Waals surface area contributed by atoms with Crippen molar-refractivity contribution in [1.29, 1.82) is 5.41 Å². The number of carbonyl (C=O) groups is 2. The maximum Gasteiger partial charge on any atom is 0.356 e. The van der Waals surface area contributed by atoms with Crippen LogP contribution in [-0.2, 0) is 14.3 Å². The van der Waals surface area contributed by atoms with Crippen molar-refractivity contribution in [2.24, 2.45) is 0 Å². The Morgan fingerprint density at radius 1 is 1.12 bits per heavy atom. The first-order valence-corrected chi connectivity index (χ1v) is 13.9. The Morgan fingerprint density at radius 3 is 2.50 bits per heavy atom. The summed E-state index contributed by atoms with van der Waals surface area (Å²) in [5, 5.41) is 11.7. The lowest BCUT2D eigenvalue weighted by Gasteiger charge is -2.37. The summed E-state index contributed by atoms with van der Waals surface area (Å²) in [4.78, 5) is 29.5. The van der Waals surface area contributed by atoms with Gasteiger partial charge in [-0.2, -0.15) is 0 Å². The van der Waals surface area contributed by atoms with Crippen molar-refractivity contribution < 1.29 is 14.3 Å². The molecule has 184 valence electrons. The second kappa shape index (κ2) is 10.6. The molecule has 34 heavy (non-hydrogen) atoms. The fraction of sp³-hybridized carbons (Fsp3) is 0.560. The van der Waals surface area contributed by atoms with Gasteiger partial charge in [-0.25, -0.2) is 4.79 Å². The lowest BCUT2D eigenvalue weighted by Crippen LogP contribution is -2.51. The molecule has 0 unspecified atom stereocenters. The minimum atomic E-state index is -0.587. The number of hydrogen-bond donors (Lipinski definition) is 2.